The summed E-state index contributed by atoms with van der Waals surface area (Å²) in [6, 6.07) is 18.9. The maximum atomic E-state index is 13.8. The molecule has 0 aromatic heterocycles. The van der Waals surface area contributed by atoms with Gasteiger partial charge in [0.15, 0.2) is 0 Å². The number of likely N-dealkylation sites (N-methyl/N-ethyl adjacent to an activating group) is 1. The van der Waals surface area contributed by atoms with Crippen LogP contribution in [0.2, 0.25) is 0 Å². The predicted octanol–water partition coefficient (Wildman–Crippen LogP) is 4.64. The minimum absolute atomic E-state index is 0.0349. The second kappa shape index (κ2) is 11.1. The summed E-state index contributed by atoms with van der Waals surface area (Å²) in [5.74, 6) is -1.57. The molecule has 7 nitrogen and oxygen atoms in total. The molecule has 0 saturated heterocycles. The van der Waals surface area contributed by atoms with Crippen LogP contribution in [0.4, 0.5) is 15.8 Å². The first-order chi connectivity index (χ1) is 17.3. The lowest BCUT2D eigenvalue weighted by atomic mass is 9.90. The van der Waals surface area contributed by atoms with Gasteiger partial charge in [-0.05, 0) is 73.6 Å². The van der Waals surface area contributed by atoms with E-state index in [2.05, 4.69) is 5.32 Å². The van der Waals surface area contributed by atoms with E-state index in [0.29, 0.717) is 35.7 Å². The van der Waals surface area contributed by atoms with Crippen LogP contribution in [0.1, 0.15) is 29.0 Å². The maximum Gasteiger partial charge on any atom is 0.303 e. The number of anilines is 1. The fraction of sp³-hybridized carbons (Fsp3) is 0.250. The molecule has 0 bridgehead atoms. The number of nitrogens with zero attached hydrogens (tertiary/aromatic N) is 2. The van der Waals surface area contributed by atoms with Crippen molar-refractivity contribution in [3.05, 3.63) is 89.2 Å². The van der Waals surface area contributed by atoms with Crippen molar-refractivity contribution in [2.75, 3.05) is 32.6 Å². The highest BCUT2D eigenvalue weighted by atomic mass is 19.1. The number of fused-ring (bicyclic) bond motifs is 1. The zero-order valence-corrected chi connectivity index (χ0v) is 20.2. The largest absolute Gasteiger partial charge is 0.492 e. The molecular weight excluding hydrogens is 461 g/mol. The van der Waals surface area contributed by atoms with E-state index in [1.807, 2.05) is 67.5 Å². The highest BCUT2D eigenvalue weighted by Crippen LogP contribution is 2.37. The van der Waals surface area contributed by atoms with Crippen molar-refractivity contribution in [3.63, 3.8) is 0 Å². The molecule has 1 amide bonds. The summed E-state index contributed by atoms with van der Waals surface area (Å²) < 4.78 is 19.6. The van der Waals surface area contributed by atoms with Crippen LogP contribution >= 0.6 is 0 Å². The zero-order valence-electron chi connectivity index (χ0n) is 20.2. The number of aliphatic imine (C=N–C) groups is 1. The highest BCUT2D eigenvalue weighted by molar-refractivity contribution is 6.24. The molecule has 1 aliphatic rings. The molecule has 0 spiro atoms. The Morgan fingerprint density at radius 3 is 2.47 bits per heavy atom. The van der Waals surface area contributed by atoms with E-state index in [0.717, 1.165) is 23.4 Å². The molecule has 0 radical (unpaired) electrons. The van der Waals surface area contributed by atoms with Crippen LogP contribution in [0, 0.1) is 5.82 Å². The fourth-order valence-electron chi connectivity index (χ4n) is 4.00. The smallest absolute Gasteiger partial charge is 0.303 e. The van der Waals surface area contributed by atoms with Gasteiger partial charge in [-0.15, -0.1) is 0 Å². The first-order valence-electron chi connectivity index (χ1n) is 11.7. The Kier molecular flexibility index (Phi) is 7.75. The Morgan fingerprint density at radius 1 is 1.08 bits per heavy atom. The van der Waals surface area contributed by atoms with Gasteiger partial charge in [-0.25, -0.2) is 4.39 Å². The zero-order chi connectivity index (χ0) is 25.7. The van der Waals surface area contributed by atoms with Gasteiger partial charge in [0, 0.05) is 18.7 Å². The Labute approximate surface area is 209 Å². The number of halogens is 1. The minimum Gasteiger partial charge on any atom is -0.492 e. The third kappa shape index (κ3) is 6.14. The number of rotatable bonds is 10. The second-order valence-electron chi connectivity index (χ2n) is 8.89. The topological polar surface area (TPSA) is 91.2 Å². The third-order valence-corrected chi connectivity index (χ3v) is 5.89. The van der Waals surface area contributed by atoms with Crippen LogP contribution in [-0.4, -0.2) is 54.8 Å². The van der Waals surface area contributed by atoms with E-state index in [-0.39, 0.29) is 12.3 Å². The molecule has 3 aromatic carbocycles. The van der Waals surface area contributed by atoms with Crippen LogP contribution in [0.15, 0.2) is 71.7 Å². The van der Waals surface area contributed by atoms with Crippen molar-refractivity contribution in [1.29, 1.82) is 0 Å². The van der Waals surface area contributed by atoms with Crippen LogP contribution in [0.3, 0.4) is 0 Å². The van der Waals surface area contributed by atoms with E-state index >= 15 is 0 Å². The lowest BCUT2D eigenvalue weighted by Crippen LogP contribution is -2.22. The Morgan fingerprint density at radius 2 is 1.81 bits per heavy atom. The molecular formula is C28H28FN3O4. The fourth-order valence-corrected chi connectivity index (χ4v) is 4.00. The second-order valence-corrected chi connectivity index (χ2v) is 8.89. The number of aliphatic carboxylic acids is 1. The summed E-state index contributed by atoms with van der Waals surface area (Å²) >= 11 is 0. The molecule has 0 saturated carbocycles. The number of carbonyl (C=O) groups is 2. The van der Waals surface area contributed by atoms with Gasteiger partial charge in [0.1, 0.15) is 24.1 Å². The number of hydrogen-bond acceptors (Lipinski definition) is 5. The normalized spacial score (nSPS) is 15.1. The highest BCUT2D eigenvalue weighted by Gasteiger charge is 2.35. The summed E-state index contributed by atoms with van der Waals surface area (Å²) in [7, 11) is 3.96. The van der Waals surface area contributed by atoms with Crippen molar-refractivity contribution in [3.8, 4) is 5.75 Å². The van der Waals surface area contributed by atoms with Crippen molar-refractivity contribution in [2.45, 2.75) is 18.8 Å². The van der Waals surface area contributed by atoms with Gasteiger partial charge < -0.3 is 20.1 Å². The quantitative estimate of drug-likeness (QED) is 0.405. The first kappa shape index (κ1) is 25.1. The summed E-state index contributed by atoms with van der Waals surface area (Å²) in [4.78, 5) is 30.8. The Hall–Kier alpha value is -4.04. The number of aryl methyl sites for hydroxylation is 1. The summed E-state index contributed by atoms with van der Waals surface area (Å²) in [6.07, 6.45) is 0.441. The maximum absolute atomic E-state index is 13.8. The number of carboxylic acids is 1. The number of carbonyl (C=O) groups excluding carboxylic acids is 1. The standard InChI is InChI=1S/C28H28FN3O4/c1-32(2)15-16-36-22-11-9-21(10-12-22)30-27(19-6-3-18(4-7-19)5-14-25(33)34)26-23-13-8-20(29)17-24(23)31-28(26)35/h3-4,6-13,17,26H,5,14-16H2,1-2H3,(H,31,35)(H,33,34). The van der Waals surface area contributed by atoms with Gasteiger partial charge >= 0.3 is 5.97 Å². The summed E-state index contributed by atoms with van der Waals surface area (Å²) in [5, 5.41) is 11.7. The van der Waals surface area contributed by atoms with Gasteiger partial charge in [-0.2, -0.15) is 0 Å². The van der Waals surface area contributed by atoms with Crippen LogP contribution < -0.4 is 10.1 Å². The summed E-state index contributed by atoms with van der Waals surface area (Å²) in [5.41, 5.74) is 3.84. The van der Waals surface area contributed by atoms with Crippen molar-refractivity contribution in [2.24, 2.45) is 4.99 Å². The Bertz CT molecular complexity index is 1270. The van der Waals surface area contributed by atoms with Gasteiger partial charge in [0.05, 0.1) is 11.4 Å². The number of nitrogens with one attached hydrogen (secondary N) is 1. The molecule has 1 aliphatic heterocycles. The molecule has 0 aliphatic carbocycles. The van der Waals surface area contributed by atoms with Crippen LogP contribution in [0.5, 0.6) is 5.75 Å². The number of amides is 1. The molecule has 2 N–H and O–H groups in total. The minimum atomic E-state index is -0.859. The van der Waals surface area contributed by atoms with Crippen molar-refractivity contribution in [1.82, 2.24) is 4.90 Å². The average molecular weight is 490 g/mol. The first-order valence-corrected chi connectivity index (χ1v) is 11.7. The van der Waals surface area contributed by atoms with Crippen LogP contribution in [-0.2, 0) is 16.0 Å². The molecule has 0 fully saturated rings. The number of carboxylic acid groups (broad SMARTS) is 1. The molecule has 3 aromatic rings. The van der Waals surface area contributed by atoms with E-state index in [4.69, 9.17) is 14.8 Å². The number of benzene rings is 3. The monoisotopic (exact) mass is 489 g/mol. The van der Waals surface area contributed by atoms with E-state index in [1.54, 1.807) is 6.07 Å². The van der Waals surface area contributed by atoms with Gasteiger partial charge in [0.2, 0.25) is 5.91 Å². The lowest BCUT2D eigenvalue weighted by Gasteiger charge is -2.15. The van der Waals surface area contributed by atoms with Crippen molar-refractivity contribution < 1.29 is 23.8 Å². The van der Waals surface area contributed by atoms with E-state index in [9.17, 15) is 14.0 Å². The van der Waals surface area contributed by atoms with Gasteiger partial charge in [0.25, 0.3) is 0 Å². The lowest BCUT2D eigenvalue weighted by molar-refractivity contribution is -0.137. The number of hydrogen-bond donors (Lipinski definition) is 2. The van der Waals surface area contributed by atoms with Crippen molar-refractivity contribution >= 4 is 29.0 Å². The Balaban J connectivity index is 1.67. The van der Waals surface area contributed by atoms with E-state index < -0.39 is 17.7 Å². The molecule has 8 heteroatoms. The molecule has 4 rings (SSSR count). The van der Waals surface area contributed by atoms with Gasteiger partial charge in [-0.1, -0.05) is 30.3 Å². The van der Waals surface area contributed by atoms with E-state index in [1.165, 1.54) is 12.1 Å². The molecule has 36 heavy (non-hydrogen) atoms. The third-order valence-electron chi connectivity index (χ3n) is 5.89. The SMILES string of the molecule is CN(C)CCOc1ccc(N=C(c2ccc(CCC(=O)O)cc2)C2C(=O)Nc3cc(F)ccc32)cc1. The molecule has 1 heterocycles. The average Bonchev–Trinajstić information content (AvgIpc) is 3.16. The van der Waals surface area contributed by atoms with Crippen LogP contribution in [0.25, 0.3) is 0 Å². The molecule has 1 unspecified atom stereocenters. The summed E-state index contributed by atoms with van der Waals surface area (Å²) in [6.45, 7) is 1.36. The predicted molar refractivity (Wildman–Crippen MR) is 137 cm³/mol. The van der Waals surface area contributed by atoms with Gasteiger partial charge in [-0.3, -0.25) is 14.6 Å². The molecule has 186 valence electrons. The molecule has 1 atom stereocenters. The number of ether oxygens (including phenoxy) is 1.